The molecule has 1 aliphatic heterocycles. The molecule has 1 aliphatic rings. The Morgan fingerprint density at radius 3 is 2.50 bits per heavy atom. The maximum absolute atomic E-state index is 12.6. The van der Waals surface area contributed by atoms with Crippen molar-refractivity contribution >= 4 is 11.9 Å². The van der Waals surface area contributed by atoms with Crippen LogP contribution >= 0.6 is 0 Å². The van der Waals surface area contributed by atoms with Crippen LogP contribution in [0.4, 0.5) is 0 Å². The van der Waals surface area contributed by atoms with Crippen molar-refractivity contribution in [1.82, 2.24) is 5.32 Å². The van der Waals surface area contributed by atoms with Gasteiger partial charge in [0, 0.05) is 18.9 Å². The molecule has 9 nitrogen and oxygen atoms in total. The second-order valence-electron chi connectivity index (χ2n) is 11.9. The number of aliphatic hydroxyl groups excluding tert-OH is 2. The number of carbonyl (C=O) groups is 2. The average molecular weight is 564 g/mol. The summed E-state index contributed by atoms with van der Waals surface area (Å²) in [5, 5.41) is 34.2. The van der Waals surface area contributed by atoms with Gasteiger partial charge < -0.3 is 34.8 Å². The van der Waals surface area contributed by atoms with Crippen LogP contribution in [0.5, 0.6) is 5.75 Å². The molecule has 0 radical (unpaired) electrons. The van der Waals surface area contributed by atoms with Crippen molar-refractivity contribution in [1.29, 1.82) is 0 Å². The Labute approximate surface area is 238 Å². The number of aromatic hydroxyl groups is 1. The largest absolute Gasteiger partial charge is 0.507 e. The fourth-order valence-electron chi connectivity index (χ4n) is 5.23. The van der Waals surface area contributed by atoms with Crippen LogP contribution < -0.4 is 5.32 Å². The van der Waals surface area contributed by atoms with Crippen molar-refractivity contribution in [2.75, 3.05) is 14.2 Å². The van der Waals surface area contributed by atoms with Gasteiger partial charge in [0.25, 0.3) is 5.91 Å². The Bertz CT molecular complexity index is 1020. The van der Waals surface area contributed by atoms with Crippen molar-refractivity contribution in [2.45, 2.75) is 110 Å². The minimum atomic E-state index is -1.19. The number of allylic oxidation sites excluding steroid dienone is 1. The molecule has 0 aliphatic carbocycles. The number of carbonyl (C=O) groups excluding carboxylic acids is 2. The molecule has 0 saturated carbocycles. The lowest BCUT2D eigenvalue weighted by Crippen LogP contribution is -2.58. The maximum atomic E-state index is 12.6. The fourth-order valence-corrected chi connectivity index (χ4v) is 5.23. The standard InChI is InChI=1S/C31H49NO8/c1-18(2)9-14-23(34)28(36)32-29(38-7)24-17-25(35)31(5,6)26(40-24)16-11-19(3)10-13-21-20(4)12-15-22(33)27(21)30(37)39-8/h12,15,19,23-26,29,33-35H,1,9-11,13-14,16-17H2,2-8H3,(H,32,36)/t19-,23-,24-,25+,26?,29-/m0/s1. The monoisotopic (exact) mass is 563 g/mol. The highest BCUT2D eigenvalue weighted by molar-refractivity contribution is 5.94. The molecule has 0 bridgehead atoms. The van der Waals surface area contributed by atoms with Crippen LogP contribution in [0.15, 0.2) is 24.3 Å². The minimum absolute atomic E-state index is 0.0828. The highest BCUT2D eigenvalue weighted by atomic mass is 16.6. The zero-order valence-corrected chi connectivity index (χ0v) is 25.2. The van der Waals surface area contributed by atoms with Gasteiger partial charge in [0.15, 0.2) is 6.23 Å². The van der Waals surface area contributed by atoms with Gasteiger partial charge in [-0.1, -0.05) is 32.4 Å². The number of ether oxygens (including phenoxy) is 3. The van der Waals surface area contributed by atoms with E-state index in [-0.39, 0.29) is 36.2 Å². The van der Waals surface area contributed by atoms with Crippen LogP contribution in [0.1, 0.15) is 87.7 Å². The molecule has 40 heavy (non-hydrogen) atoms. The van der Waals surface area contributed by atoms with Crippen LogP contribution in [0.2, 0.25) is 0 Å². The molecule has 0 aromatic heterocycles. The lowest BCUT2D eigenvalue weighted by Gasteiger charge is -2.47. The van der Waals surface area contributed by atoms with Crippen molar-refractivity contribution in [3.63, 3.8) is 0 Å². The quantitative estimate of drug-likeness (QED) is 0.150. The average Bonchev–Trinajstić information content (AvgIpc) is 2.90. The molecule has 1 heterocycles. The van der Waals surface area contributed by atoms with Gasteiger partial charge in [0.2, 0.25) is 0 Å². The molecular formula is C31H49NO8. The molecule has 226 valence electrons. The van der Waals surface area contributed by atoms with Crippen LogP contribution in [0, 0.1) is 18.3 Å². The Morgan fingerprint density at radius 2 is 1.90 bits per heavy atom. The molecule has 1 saturated heterocycles. The van der Waals surface area contributed by atoms with E-state index in [0.29, 0.717) is 19.3 Å². The summed E-state index contributed by atoms with van der Waals surface area (Å²) in [6.45, 7) is 13.6. The summed E-state index contributed by atoms with van der Waals surface area (Å²) in [4.78, 5) is 24.8. The third-order valence-electron chi connectivity index (χ3n) is 8.23. The van der Waals surface area contributed by atoms with Crippen molar-refractivity contribution in [3.8, 4) is 5.75 Å². The van der Waals surface area contributed by atoms with Gasteiger partial charge in [-0.2, -0.15) is 0 Å². The third-order valence-corrected chi connectivity index (χ3v) is 8.23. The van der Waals surface area contributed by atoms with Gasteiger partial charge >= 0.3 is 5.97 Å². The Hall–Kier alpha value is -2.46. The first-order valence-corrected chi connectivity index (χ1v) is 14.1. The molecule has 1 aromatic rings. The van der Waals surface area contributed by atoms with Gasteiger partial charge in [-0.15, -0.1) is 6.58 Å². The van der Waals surface area contributed by atoms with Crippen LogP contribution in [-0.4, -0.2) is 72.1 Å². The van der Waals surface area contributed by atoms with Crippen molar-refractivity contribution < 1.29 is 39.1 Å². The number of hydrogen-bond donors (Lipinski definition) is 4. The van der Waals surface area contributed by atoms with Gasteiger partial charge in [-0.25, -0.2) is 4.79 Å². The third kappa shape index (κ3) is 8.77. The van der Waals surface area contributed by atoms with E-state index < -0.39 is 41.8 Å². The lowest BCUT2D eigenvalue weighted by atomic mass is 9.73. The van der Waals surface area contributed by atoms with Gasteiger partial charge in [-0.05, 0) is 75.5 Å². The summed E-state index contributed by atoms with van der Waals surface area (Å²) >= 11 is 0. The number of phenolic OH excluding ortho intramolecular Hbond substituents is 1. The number of amides is 1. The number of esters is 1. The highest BCUT2D eigenvalue weighted by Crippen LogP contribution is 2.40. The number of rotatable bonds is 14. The summed E-state index contributed by atoms with van der Waals surface area (Å²) in [6, 6.07) is 3.31. The van der Waals surface area contributed by atoms with Gasteiger partial charge in [0.1, 0.15) is 23.5 Å². The predicted octanol–water partition coefficient (Wildman–Crippen LogP) is 4.19. The number of methoxy groups -OCH3 is 2. The summed E-state index contributed by atoms with van der Waals surface area (Å²) < 4.78 is 16.8. The lowest BCUT2D eigenvalue weighted by molar-refractivity contribution is -0.210. The molecule has 0 spiro atoms. The first-order valence-electron chi connectivity index (χ1n) is 14.1. The molecule has 2 rings (SSSR count). The molecule has 9 heteroatoms. The van der Waals surface area contributed by atoms with E-state index in [4.69, 9.17) is 14.2 Å². The molecule has 1 fully saturated rings. The molecule has 4 N–H and O–H groups in total. The number of aliphatic hydroxyl groups is 2. The molecule has 6 atom stereocenters. The molecular weight excluding hydrogens is 514 g/mol. The van der Waals surface area contributed by atoms with E-state index in [9.17, 15) is 24.9 Å². The van der Waals surface area contributed by atoms with Gasteiger partial charge in [-0.3, -0.25) is 4.79 Å². The second-order valence-corrected chi connectivity index (χ2v) is 11.9. The number of hydrogen-bond acceptors (Lipinski definition) is 8. The first kappa shape index (κ1) is 33.7. The Morgan fingerprint density at radius 1 is 1.23 bits per heavy atom. The number of benzene rings is 1. The molecule has 1 aromatic carbocycles. The van der Waals surface area contributed by atoms with Crippen LogP contribution in [0.3, 0.4) is 0 Å². The van der Waals surface area contributed by atoms with E-state index in [2.05, 4.69) is 18.8 Å². The number of phenols is 1. The SMILES string of the molecule is C=C(C)CC[C@H](O)C(=O)N[C@@H](OC)[C@@H]1C[C@@H](O)C(C)(C)C(CC[C@@H](C)CCc2c(C)ccc(O)c2C(=O)OC)O1. The molecule has 1 unspecified atom stereocenters. The zero-order valence-electron chi connectivity index (χ0n) is 25.2. The smallest absolute Gasteiger partial charge is 0.341 e. The van der Waals surface area contributed by atoms with Gasteiger partial charge in [0.05, 0.1) is 19.3 Å². The summed E-state index contributed by atoms with van der Waals surface area (Å²) in [7, 11) is 2.76. The summed E-state index contributed by atoms with van der Waals surface area (Å²) in [5.41, 5.74) is 2.29. The minimum Gasteiger partial charge on any atom is -0.507 e. The molecule has 1 amide bonds. The normalized spacial score (nSPS) is 22.7. The Kier molecular flexibility index (Phi) is 12.6. The fraction of sp³-hybridized carbons (Fsp3) is 0.677. The topological polar surface area (TPSA) is 135 Å². The maximum Gasteiger partial charge on any atom is 0.341 e. The van der Waals surface area contributed by atoms with Crippen molar-refractivity contribution in [2.24, 2.45) is 11.3 Å². The number of aryl methyl sites for hydroxylation is 1. The highest BCUT2D eigenvalue weighted by Gasteiger charge is 2.46. The van der Waals surface area contributed by atoms with E-state index in [1.54, 1.807) is 6.07 Å². The Balaban J connectivity index is 2.03. The van der Waals surface area contributed by atoms with E-state index in [1.165, 1.54) is 20.3 Å². The van der Waals surface area contributed by atoms with E-state index >= 15 is 0 Å². The van der Waals surface area contributed by atoms with E-state index in [0.717, 1.165) is 29.5 Å². The van der Waals surface area contributed by atoms with E-state index in [1.807, 2.05) is 27.7 Å². The zero-order chi connectivity index (χ0) is 30.2. The predicted molar refractivity (Wildman–Crippen MR) is 153 cm³/mol. The number of nitrogens with one attached hydrogen (secondary N) is 1. The second kappa shape index (κ2) is 15.0. The van der Waals surface area contributed by atoms with Crippen LogP contribution in [-0.2, 0) is 25.4 Å². The van der Waals surface area contributed by atoms with Crippen LogP contribution in [0.25, 0.3) is 0 Å². The summed E-state index contributed by atoms with van der Waals surface area (Å²) in [6.07, 6.45) is 0.412. The summed E-state index contributed by atoms with van der Waals surface area (Å²) in [5.74, 6) is -0.912. The van der Waals surface area contributed by atoms with Crippen molar-refractivity contribution in [3.05, 3.63) is 41.0 Å². The first-order chi connectivity index (χ1) is 18.7.